The fourth-order valence-electron chi connectivity index (χ4n) is 1.73. The van der Waals surface area contributed by atoms with Crippen molar-refractivity contribution in [3.05, 3.63) is 57.9 Å². The molecule has 1 amide bonds. The molecule has 0 aliphatic carbocycles. The van der Waals surface area contributed by atoms with Crippen LogP contribution in [0.25, 0.3) is 0 Å². The summed E-state index contributed by atoms with van der Waals surface area (Å²) in [6.07, 6.45) is -2.50. The Labute approximate surface area is 126 Å². The van der Waals surface area contributed by atoms with Crippen LogP contribution < -0.4 is 5.32 Å². The molecule has 0 saturated heterocycles. The minimum atomic E-state index is -4.77. The van der Waals surface area contributed by atoms with Crippen molar-refractivity contribution in [3.8, 4) is 5.75 Å². The first-order valence-electron chi connectivity index (χ1n) is 6.00. The molecule has 0 aliphatic rings. The third-order valence-corrected chi connectivity index (χ3v) is 2.81. The zero-order valence-corrected chi connectivity index (χ0v) is 11.2. The standard InChI is InChI=1S/C13H8F3N3O4/c14-13(15,16)7-1-2-8(10(5-7)19(22)23)12(21)18-9-3-4-17-6-11(9)20/h1-6,20H,(H,17,18,21). The van der Waals surface area contributed by atoms with Crippen LogP contribution in [0, 0.1) is 10.1 Å². The van der Waals surface area contributed by atoms with Gasteiger partial charge in [0.25, 0.3) is 11.6 Å². The molecular formula is C13H8F3N3O4. The lowest BCUT2D eigenvalue weighted by molar-refractivity contribution is -0.385. The number of halogens is 3. The van der Waals surface area contributed by atoms with E-state index >= 15 is 0 Å². The minimum absolute atomic E-state index is 0.0841. The van der Waals surface area contributed by atoms with Gasteiger partial charge in [0.05, 0.1) is 22.4 Å². The average molecular weight is 327 g/mol. The van der Waals surface area contributed by atoms with Gasteiger partial charge in [0, 0.05) is 12.3 Å². The summed E-state index contributed by atoms with van der Waals surface area (Å²) in [5.74, 6) is -1.43. The Morgan fingerprint density at radius 3 is 2.57 bits per heavy atom. The van der Waals surface area contributed by atoms with E-state index in [1.54, 1.807) is 0 Å². The second kappa shape index (κ2) is 5.91. The molecule has 0 saturated carbocycles. The molecule has 23 heavy (non-hydrogen) atoms. The SMILES string of the molecule is O=C(Nc1ccncc1O)c1ccc(C(F)(F)F)cc1[N+](=O)[O-]. The molecule has 2 aromatic rings. The van der Waals surface area contributed by atoms with Crippen molar-refractivity contribution in [2.75, 3.05) is 5.32 Å². The topological polar surface area (TPSA) is 105 Å². The van der Waals surface area contributed by atoms with Gasteiger partial charge in [0.15, 0.2) is 5.75 Å². The Bertz CT molecular complexity index is 777. The van der Waals surface area contributed by atoms with Gasteiger partial charge in [0.1, 0.15) is 5.56 Å². The van der Waals surface area contributed by atoms with Gasteiger partial charge in [-0.15, -0.1) is 0 Å². The number of nitrogens with one attached hydrogen (secondary N) is 1. The number of hydrogen-bond donors (Lipinski definition) is 2. The van der Waals surface area contributed by atoms with E-state index < -0.39 is 39.6 Å². The summed E-state index contributed by atoms with van der Waals surface area (Å²) in [6, 6.07) is 2.77. The summed E-state index contributed by atoms with van der Waals surface area (Å²) in [7, 11) is 0. The number of anilines is 1. The van der Waals surface area contributed by atoms with E-state index in [0.717, 1.165) is 6.20 Å². The molecule has 0 unspecified atom stereocenters. The molecule has 2 N–H and O–H groups in total. The molecule has 120 valence electrons. The summed E-state index contributed by atoms with van der Waals surface area (Å²) in [6.45, 7) is 0. The van der Waals surface area contributed by atoms with Crippen LogP contribution in [0.15, 0.2) is 36.7 Å². The summed E-state index contributed by atoms with van der Waals surface area (Å²) in [4.78, 5) is 25.4. The number of amides is 1. The highest BCUT2D eigenvalue weighted by Crippen LogP contribution is 2.33. The Balaban J connectivity index is 2.41. The van der Waals surface area contributed by atoms with Crippen LogP contribution in [0.2, 0.25) is 0 Å². The first-order valence-corrected chi connectivity index (χ1v) is 6.00. The van der Waals surface area contributed by atoms with E-state index in [4.69, 9.17) is 0 Å². The van der Waals surface area contributed by atoms with Crippen LogP contribution in [0.3, 0.4) is 0 Å². The van der Waals surface area contributed by atoms with Crippen LogP contribution in [0.1, 0.15) is 15.9 Å². The molecule has 0 atom stereocenters. The van der Waals surface area contributed by atoms with E-state index in [2.05, 4.69) is 10.3 Å². The summed E-state index contributed by atoms with van der Waals surface area (Å²) in [5.41, 5.74) is -2.89. The van der Waals surface area contributed by atoms with Gasteiger partial charge in [-0.3, -0.25) is 19.9 Å². The van der Waals surface area contributed by atoms with Gasteiger partial charge >= 0.3 is 6.18 Å². The number of nitro groups is 1. The maximum atomic E-state index is 12.6. The Hall–Kier alpha value is -3.17. The monoisotopic (exact) mass is 327 g/mol. The quantitative estimate of drug-likeness (QED) is 0.666. The fourth-order valence-corrected chi connectivity index (χ4v) is 1.73. The molecule has 1 aromatic heterocycles. The van der Waals surface area contributed by atoms with Gasteiger partial charge in [-0.25, -0.2) is 0 Å². The lowest BCUT2D eigenvalue weighted by Crippen LogP contribution is -2.15. The predicted molar refractivity (Wildman–Crippen MR) is 72.0 cm³/mol. The van der Waals surface area contributed by atoms with Gasteiger partial charge in [-0.1, -0.05) is 0 Å². The fraction of sp³-hybridized carbons (Fsp3) is 0.0769. The molecule has 0 aliphatic heterocycles. The summed E-state index contributed by atoms with van der Waals surface area (Å²) >= 11 is 0. The van der Waals surface area contributed by atoms with Gasteiger partial charge < -0.3 is 10.4 Å². The highest BCUT2D eigenvalue weighted by Gasteiger charge is 2.34. The van der Waals surface area contributed by atoms with Crippen molar-refractivity contribution < 1.29 is 28.0 Å². The number of hydrogen-bond acceptors (Lipinski definition) is 5. The molecule has 1 aromatic carbocycles. The van der Waals surface area contributed by atoms with Crippen molar-refractivity contribution in [3.63, 3.8) is 0 Å². The van der Waals surface area contributed by atoms with Gasteiger partial charge in [-0.2, -0.15) is 13.2 Å². The number of pyridine rings is 1. The van der Waals surface area contributed by atoms with Crippen LogP contribution in [-0.4, -0.2) is 20.9 Å². The number of benzene rings is 1. The van der Waals surface area contributed by atoms with Crippen molar-refractivity contribution in [1.82, 2.24) is 4.98 Å². The number of aromatic hydroxyl groups is 1. The highest BCUT2D eigenvalue weighted by atomic mass is 19.4. The molecule has 0 spiro atoms. The highest BCUT2D eigenvalue weighted by molar-refractivity contribution is 6.07. The molecule has 10 heteroatoms. The molecule has 2 rings (SSSR count). The average Bonchev–Trinajstić information content (AvgIpc) is 2.48. The zero-order valence-electron chi connectivity index (χ0n) is 11.2. The number of nitro benzene ring substituents is 1. The number of carbonyl (C=O) groups excluding carboxylic acids is 1. The van der Waals surface area contributed by atoms with Crippen LogP contribution >= 0.6 is 0 Å². The Morgan fingerprint density at radius 1 is 1.30 bits per heavy atom. The smallest absolute Gasteiger partial charge is 0.416 e. The Morgan fingerprint density at radius 2 is 2.00 bits per heavy atom. The molecular weight excluding hydrogens is 319 g/mol. The first kappa shape index (κ1) is 16.2. The van der Waals surface area contributed by atoms with Crippen LogP contribution in [0.4, 0.5) is 24.5 Å². The largest absolute Gasteiger partial charge is 0.504 e. The normalized spacial score (nSPS) is 11.1. The van der Waals surface area contributed by atoms with Crippen molar-refractivity contribution >= 4 is 17.3 Å². The maximum Gasteiger partial charge on any atom is 0.416 e. The number of nitrogens with zero attached hydrogens (tertiary/aromatic N) is 2. The van der Waals surface area contributed by atoms with Crippen LogP contribution in [-0.2, 0) is 6.18 Å². The van der Waals surface area contributed by atoms with E-state index in [9.17, 15) is 33.2 Å². The molecule has 0 radical (unpaired) electrons. The van der Waals surface area contributed by atoms with Gasteiger partial charge in [0.2, 0.25) is 0 Å². The second-order valence-corrected chi connectivity index (χ2v) is 4.33. The number of carbonyl (C=O) groups is 1. The zero-order chi connectivity index (χ0) is 17.2. The maximum absolute atomic E-state index is 12.6. The lowest BCUT2D eigenvalue weighted by Gasteiger charge is -2.10. The van der Waals surface area contributed by atoms with Crippen LogP contribution in [0.5, 0.6) is 5.75 Å². The number of alkyl halides is 3. The lowest BCUT2D eigenvalue weighted by atomic mass is 10.1. The molecule has 0 bridgehead atoms. The van der Waals surface area contributed by atoms with E-state index in [0.29, 0.717) is 12.1 Å². The third-order valence-electron chi connectivity index (χ3n) is 2.81. The van der Waals surface area contributed by atoms with E-state index in [1.807, 2.05) is 0 Å². The van der Waals surface area contributed by atoms with Gasteiger partial charge in [-0.05, 0) is 18.2 Å². The van der Waals surface area contributed by atoms with Crippen molar-refractivity contribution in [2.45, 2.75) is 6.18 Å². The van der Waals surface area contributed by atoms with Crippen molar-refractivity contribution in [1.29, 1.82) is 0 Å². The molecule has 1 heterocycles. The molecule has 0 fully saturated rings. The Kier molecular flexibility index (Phi) is 4.16. The number of rotatable bonds is 3. The van der Waals surface area contributed by atoms with E-state index in [1.165, 1.54) is 12.3 Å². The molecule has 7 nitrogen and oxygen atoms in total. The number of aromatic nitrogens is 1. The second-order valence-electron chi connectivity index (χ2n) is 4.33. The van der Waals surface area contributed by atoms with Crippen molar-refractivity contribution in [2.24, 2.45) is 0 Å². The third kappa shape index (κ3) is 3.54. The predicted octanol–water partition coefficient (Wildman–Crippen LogP) is 2.97. The summed E-state index contributed by atoms with van der Waals surface area (Å²) < 4.78 is 37.8. The van der Waals surface area contributed by atoms with E-state index in [-0.39, 0.29) is 11.8 Å². The summed E-state index contributed by atoms with van der Waals surface area (Å²) in [5, 5.41) is 22.6. The minimum Gasteiger partial charge on any atom is -0.504 e. The first-order chi connectivity index (χ1) is 10.7.